The molecular formula is C14H8BrClN2O2. The second kappa shape index (κ2) is 5.26. The molecule has 0 saturated heterocycles. The molecule has 0 spiro atoms. The summed E-state index contributed by atoms with van der Waals surface area (Å²) in [5, 5.41) is 14.0. The number of benzene rings is 2. The van der Waals surface area contributed by atoms with Crippen LogP contribution in [0.15, 0.2) is 51.5 Å². The highest BCUT2D eigenvalue weighted by Crippen LogP contribution is 2.31. The molecule has 2 aromatic carbocycles. The molecule has 0 bridgehead atoms. The van der Waals surface area contributed by atoms with Crippen molar-refractivity contribution in [3.8, 4) is 28.6 Å². The normalized spacial score (nSPS) is 10.7. The Morgan fingerprint density at radius 1 is 1.15 bits per heavy atom. The Labute approximate surface area is 128 Å². The second-order valence-corrected chi connectivity index (χ2v) is 5.39. The molecule has 0 amide bonds. The lowest BCUT2D eigenvalue weighted by atomic mass is 10.2. The Kier molecular flexibility index (Phi) is 3.46. The largest absolute Gasteiger partial charge is 0.508 e. The molecule has 0 aliphatic rings. The number of aromatic nitrogens is 2. The van der Waals surface area contributed by atoms with E-state index in [2.05, 4.69) is 26.1 Å². The van der Waals surface area contributed by atoms with E-state index >= 15 is 0 Å². The molecule has 0 atom stereocenters. The summed E-state index contributed by atoms with van der Waals surface area (Å²) in [5.41, 5.74) is 1.44. The van der Waals surface area contributed by atoms with Crippen LogP contribution in [0.3, 0.4) is 0 Å². The van der Waals surface area contributed by atoms with Gasteiger partial charge in [0.15, 0.2) is 0 Å². The summed E-state index contributed by atoms with van der Waals surface area (Å²) < 4.78 is 6.02. The number of hydrogen-bond donors (Lipinski definition) is 1. The maximum Gasteiger partial charge on any atom is 0.259 e. The Hall–Kier alpha value is -1.85. The number of aromatic hydroxyl groups is 1. The summed E-state index contributed by atoms with van der Waals surface area (Å²) in [7, 11) is 0. The van der Waals surface area contributed by atoms with Crippen LogP contribution in [0.5, 0.6) is 5.75 Å². The smallest absolute Gasteiger partial charge is 0.259 e. The van der Waals surface area contributed by atoms with Gasteiger partial charge in [0.25, 0.3) is 5.89 Å². The lowest BCUT2D eigenvalue weighted by molar-refractivity contribution is 0.432. The highest BCUT2D eigenvalue weighted by atomic mass is 79.9. The molecule has 6 heteroatoms. The quantitative estimate of drug-likeness (QED) is 0.737. The third-order valence-corrected chi connectivity index (χ3v) is 3.58. The van der Waals surface area contributed by atoms with E-state index in [1.54, 1.807) is 42.5 Å². The Morgan fingerprint density at radius 3 is 2.75 bits per heavy atom. The minimum atomic E-state index is 0.154. The minimum absolute atomic E-state index is 0.154. The lowest BCUT2D eigenvalue weighted by Gasteiger charge is -1.98. The minimum Gasteiger partial charge on any atom is -0.508 e. The first-order chi connectivity index (χ1) is 9.63. The van der Waals surface area contributed by atoms with Gasteiger partial charge in [-0.15, -0.1) is 0 Å². The lowest BCUT2D eigenvalue weighted by Crippen LogP contribution is -1.82. The van der Waals surface area contributed by atoms with Crippen LogP contribution in [0.2, 0.25) is 5.02 Å². The van der Waals surface area contributed by atoms with Crippen molar-refractivity contribution in [3.05, 3.63) is 52.0 Å². The Bertz CT molecular complexity index is 773. The summed E-state index contributed by atoms with van der Waals surface area (Å²) >= 11 is 9.31. The van der Waals surface area contributed by atoms with Gasteiger partial charge in [-0.05, 0) is 46.3 Å². The van der Waals surface area contributed by atoms with Crippen molar-refractivity contribution in [1.29, 1.82) is 0 Å². The molecule has 0 aliphatic heterocycles. The van der Waals surface area contributed by atoms with Crippen LogP contribution >= 0.6 is 27.5 Å². The third-order valence-electron chi connectivity index (χ3n) is 2.69. The maximum absolute atomic E-state index is 9.46. The zero-order chi connectivity index (χ0) is 14.1. The average molecular weight is 352 g/mol. The zero-order valence-electron chi connectivity index (χ0n) is 10.0. The molecule has 0 saturated carbocycles. The summed E-state index contributed by atoms with van der Waals surface area (Å²) in [5.74, 6) is 0.950. The van der Waals surface area contributed by atoms with Crippen LogP contribution in [0.1, 0.15) is 0 Å². The van der Waals surface area contributed by atoms with E-state index in [-0.39, 0.29) is 5.75 Å². The molecule has 0 unspecified atom stereocenters. The summed E-state index contributed by atoms with van der Waals surface area (Å²) in [6, 6.07) is 12.0. The van der Waals surface area contributed by atoms with Gasteiger partial charge >= 0.3 is 0 Å². The molecule has 0 aliphatic carbocycles. The van der Waals surface area contributed by atoms with Gasteiger partial charge in [-0.25, -0.2) is 0 Å². The molecule has 0 fully saturated rings. The van der Waals surface area contributed by atoms with E-state index in [1.165, 1.54) is 0 Å². The molecule has 3 aromatic rings. The number of phenolic OH excluding ortho intramolecular Hbond substituents is 1. The van der Waals surface area contributed by atoms with Gasteiger partial charge in [0.05, 0.1) is 5.56 Å². The van der Waals surface area contributed by atoms with E-state index in [9.17, 15) is 5.11 Å². The number of phenols is 1. The summed E-state index contributed by atoms with van der Waals surface area (Å²) in [4.78, 5) is 4.32. The first kappa shape index (κ1) is 13.1. The van der Waals surface area contributed by atoms with Gasteiger partial charge in [-0.1, -0.05) is 28.9 Å². The zero-order valence-corrected chi connectivity index (χ0v) is 12.4. The molecule has 1 heterocycles. The van der Waals surface area contributed by atoms with Crippen molar-refractivity contribution in [2.45, 2.75) is 0 Å². The molecular weight excluding hydrogens is 344 g/mol. The maximum atomic E-state index is 9.46. The van der Waals surface area contributed by atoms with Gasteiger partial charge < -0.3 is 9.63 Å². The molecule has 100 valence electrons. The van der Waals surface area contributed by atoms with E-state index < -0.39 is 0 Å². The SMILES string of the molecule is Oc1cccc(-c2noc(-c3ccc(Cl)cc3Br)n2)c1. The van der Waals surface area contributed by atoms with Gasteiger partial charge in [-0.2, -0.15) is 4.98 Å². The van der Waals surface area contributed by atoms with E-state index in [0.717, 1.165) is 10.0 Å². The van der Waals surface area contributed by atoms with Crippen molar-refractivity contribution in [3.63, 3.8) is 0 Å². The van der Waals surface area contributed by atoms with Crippen LogP contribution in [-0.2, 0) is 0 Å². The van der Waals surface area contributed by atoms with Crippen LogP contribution in [-0.4, -0.2) is 15.2 Å². The van der Waals surface area contributed by atoms with Crippen molar-refractivity contribution < 1.29 is 9.63 Å². The second-order valence-electron chi connectivity index (χ2n) is 4.10. The highest BCUT2D eigenvalue weighted by molar-refractivity contribution is 9.10. The number of rotatable bonds is 2. The first-order valence-corrected chi connectivity index (χ1v) is 6.89. The van der Waals surface area contributed by atoms with Crippen molar-refractivity contribution in [1.82, 2.24) is 10.1 Å². The van der Waals surface area contributed by atoms with Gasteiger partial charge in [0.1, 0.15) is 5.75 Å². The predicted octanol–water partition coefficient (Wildman–Crippen LogP) is 4.53. The van der Waals surface area contributed by atoms with Gasteiger partial charge in [-0.3, -0.25) is 0 Å². The van der Waals surface area contributed by atoms with E-state index in [0.29, 0.717) is 22.3 Å². The van der Waals surface area contributed by atoms with Crippen LogP contribution in [0.25, 0.3) is 22.8 Å². The molecule has 4 nitrogen and oxygen atoms in total. The van der Waals surface area contributed by atoms with E-state index in [4.69, 9.17) is 16.1 Å². The topological polar surface area (TPSA) is 59.2 Å². The average Bonchev–Trinajstić information content (AvgIpc) is 2.88. The molecule has 1 N–H and O–H groups in total. The number of halogens is 2. The number of hydrogen-bond acceptors (Lipinski definition) is 4. The fourth-order valence-electron chi connectivity index (χ4n) is 1.76. The van der Waals surface area contributed by atoms with Crippen molar-refractivity contribution in [2.24, 2.45) is 0 Å². The fourth-order valence-corrected chi connectivity index (χ4v) is 2.61. The van der Waals surface area contributed by atoms with Crippen molar-refractivity contribution >= 4 is 27.5 Å². The van der Waals surface area contributed by atoms with Crippen molar-refractivity contribution in [2.75, 3.05) is 0 Å². The third kappa shape index (κ3) is 2.55. The van der Waals surface area contributed by atoms with Crippen LogP contribution in [0, 0.1) is 0 Å². The van der Waals surface area contributed by atoms with E-state index in [1.807, 2.05) is 0 Å². The molecule has 20 heavy (non-hydrogen) atoms. The summed E-state index contributed by atoms with van der Waals surface area (Å²) in [6.45, 7) is 0. The fraction of sp³-hybridized carbons (Fsp3) is 0. The molecule has 1 aromatic heterocycles. The first-order valence-electron chi connectivity index (χ1n) is 5.72. The molecule has 0 radical (unpaired) electrons. The predicted molar refractivity (Wildman–Crippen MR) is 79.5 cm³/mol. The molecule has 3 rings (SSSR count). The number of nitrogens with zero attached hydrogens (tertiary/aromatic N) is 2. The Balaban J connectivity index is 2.02. The monoisotopic (exact) mass is 350 g/mol. The highest BCUT2D eigenvalue weighted by Gasteiger charge is 2.13. The van der Waals surface area contributed by atoms with Crippen LogP contribution < -0.4 is 0 Å². The van der Waals surface area contributed by atoms with Gasteiger partial charge in [0.2, 0.25) is 5.82 Å². The van der Waals surface area contributed by atoms with Crippen LogP contribution in [0.4, 0.5) is 0 Å². The van der Waals surface area contributed by atoms with Gasteiger partial charge in [0, 0.05) is 15.1 Å². The summed E-state index contributed by atoms with van der Waals surface area (Å²) in [6.07, 6.45) is 0. The standard InChI is InChI=1S/C14H8BrClN2O2/c15-12-7-9(16)4-5-11(12)14-17-13(18-20-14)8-2-1-3-10(19)6-8/h1-7,19H. The Morgan fingerprint density at radius 2 is 2.00 bits per heavy atom.